The maximum absolute atomic E-state index is 11.0. The molecule has 21 heavy (non-hydrogen) atoms. The molecule has 0 spiro atoms. The maximum Gasteiger partial charge on any atom is 0.221 e. The summed E-state index contributed by atoms with van der Waals surface area (Å²) < 4.78 is 0. The number of carbonyl (C=O) groups is 1. The van der Waals surface area contributed by atoms with E-state index in [0.29, 0.717) is 20.4 Å². The summed E-state index contributed by atoms with van der Waals surface area (Å²) >= 11 is 7.66. The Labute approximate surface area is 130 Å². The number of allylic oxidation sites excluding steroid dienone is 6. The molecule has 0 amide bonds. The van der Waals surface area contributed by atoms with Crippen LogP contribution in [0.4, 0.5) is 5.95 Å². The normalized spacial score (nSPS) is 15.2. The molecule has 0 bridgehead atoms. The first-order valence-electron chi connectivity index (χ1n) is 6.34. The van der Waals surface area contributed by atoms with Crippen LogP contribution in [0.3, 0.4) is 0 Å². The molecule has 0 aromatic carbocycles. The fraction of sp³-hybridized carbons (Fsp3) is 0.133. The molecule has 0 fully saturated rings. The van der Waals surface area contributed by atoms with Crippen molar-refractivity contribution in [2.75, 3.05) is 5.73 Å². The molecule has 0 unspecified atom stereocenters. The van der Waals surface area contributed by atoms with E-state index in [1.165, 1.54) is 16.9 Å². The number of hydrogen-bond donors (Lipinski definition) is 1. The zero-order valence-corrected chi connectivity index (χ0v) is 12.8. The van der Waals surface area contributed by atoms with Gasteiger partial charge < -0.3 is 5.73 Å². The first kappa shape index (κ1) is 14.0. The molecular formula is C15H12ClN3OS. The fourth-order valence-corrected chi connectivity index (χ4v) is 3.23. The lowest BCUT2D eigenvalue weighted by Gasteiger charge is -2.07. The Morgan fingerprint density at radius 1 is 1.38 bits per heavy atom. The van der Waals surface area contributed by atoms with Crippen molar-refractivity contribution in [3.05, 3.63) is 45.5 Å². The SMILES string of the molecule is CC1=CC=C(c2nc(N)nc3sc(C=O)cc23)C(Cl)=CC1. The van der Waals surface area contributed by atoms with Gasteiger partial charge in [0.25, 0.3) is 0 Å². The summed E-state index contributed by atoms with van der Waals surface area (Å²) in [6, 6.07) is 1.77. The number of nitrogen functional groups attached to an aromatic ring is 1. The average Bonchev–Trinajstić information content (AvgIpc) is 2.80. The third-order valence-corrected chi connectivity index (χ3v) is 4.51. The first-order valence-corrected chi connectivity index (χ1v) is 7.54. The summed E-state index contributed by atoms with van der Waals surface area (Å²) in [5, 5.41) is 1.42. The molecule has 2 aromatic rings. The lowest BCUT2D eigenvalue weighted by molar-refractivity contribution is 0.112. The van der Waals surface area contributed by atoms with Gasteiger partial charge in [-0.1, -0.05) is 35.4 Å². The molecule has 3 rings (SSSR count). The van der Waals surface area contributed by atoms with Crippen LogP contribution in [-0.2, 0) is 0 Å². The van der Waals surface area contributed by atoms with Crippen molar-refractivity contribution in [1.82, 2.24) is 9.97 Å². The predicted octanol–water partition coefficient (Wildman–Crippen LogP) is 3.94. The van der Waals surface area contributed by atoms with E-state index in [2.05, 4.69) is 9.97 Å². The summed E-state index contributed by atoms with van der Waals surface area (Å²) in [5.41, 5.74) is 8.45. The Kier molecular flexibility index (Phi) is 3.61. The minimum atomic E-state index is 0.173. The van der Waals surface area contributed by atoms with Gasteiger partial charge in [-0.25, -0.2) is 9.97 Å². The molecule has 1 aliphatic rings. The van der Waals surface area contributed by atoms with E-state index in [4.69, 9.17) is 17.3 Å². The number of carbonyl (C=O) groups excluding carboxylic acids is 1. The number of fused-ring (bicyclic) bond motifs is 1. The standard InChI is InChI=1S/C15H12ClN3OS/c1-8-2-4-10(12(16)5-3-8)13-11-6-9(7-20)21-14(11)19-15(17)18-13/h2,4-7H,3H2,1H3,(H2,17,18,19). The molecule has 0 atom stereocenters. The molecule has 0 radical (unpaired) electrons. The van der Waals surface area contributed by atoms with Gasteiger partial charge in [-0.05, 0) is 19.4 Å². The predicted molar refractivity (Wildman–Crippen MR) is 87.5 cm³/mol. The molecule has 0 saturated heterocycles. The van der Waals surface area contributed by atoms with Crippen LogP contribution in [0.1, 0.15) is 28.7 Å². The molecule has 0 aliphatic heterocycles. The van der Waals surface area contributed by atoms with Crippen LogP contribution < -0.4 is 5.73 Å². The van der Waals surface area contributed by atoms with E-state index >= 15 is 0 Å². The van der Waals surface area contributed by atoms with Crippen molar-refractivity contribution < 1.29 is 4.79 Å². The third-order valence-electron chi connectivity index (χ3n) is 3.20. The zero-order chi connectivity index (χ0) is 15.0. The molecule has 1 aliphatic carbocycles. The number of aromatic nitrogens is 2. The van der Waals surface area contributed by atoms with E-state index in [1.54, 1.807) is 6.07 Å². The largest absolute Gasteiger partial charge is 0.368 e. The van der Waals surface area contributed by atoms with Crippen LogP contribution in [0.25, 0.3) is 15.8 Å². The highest BCUT2D eigenvalue weighted by Crippen LogP contribution is 2.35. The van der Waals surface area contributed by atoms with Gasteiger partial charge in [-0.15, -0.1) is 11.3 Å². The Morgan fingerprint density at radius 3 is 2.95 bits per heavy atom. The molecule has 4 nitrogen and oxygen atoms in total. The number of halogens is 1. The van der Waals surface area contributed by atoms with Crippen LogP contribution >= 0.6 is 22.9 Å². The molecular weight excluding hydrogens is 306 g/mol. The highest BCUT2D eigenvalue weighted by atomic mass is 35.5. The zero-order valence-electron chi connectivity index (χ0n) is 11.3. The van der Waals surface area contributed by atoms with Gasteiger partial charge in [0.1, 0.15) is 4.83 Å². The second-order valence-electron chi connectivity index (χ2n) is 4.77. The minimum absolute atomic E-state index is 0.173. The van der Waals surface area contributed by atoms with Crippen LogP contribution in [-0.4, -0.2) is 16.3 Å². The van der Waals surface area contributed by atoms with E-state index in [0.717, 1.165) is 23.7 Å². The number of nitrogens with zero attached hydrogens (tertiary/aromatic N) is 2. The first-order chi connectivity index (χ1) is 10.1. The van der Waals surface area contributed by atoms with Gasteiger partial charge in [0.2, 0.25) is 5.95 Å². The van der Waals surface area contributed by atoms with Crippen LogP contribution in [0.5, 0.6) is 0 Å². The van der Waals surface area contributed by atoms with E-state index < -0.39 is 0 Å². The smallest absolute Gasteiger partial charge is 0.221 e. The molecule has 6 heteroatoms. The number of rotatable bonds is 2. The second-order valence-corrected chi connectivity index (χ2v) is 6.23. The molecule has 2 heterocycles. The van der Waals surface area contributed by atoms with Crippen molar-refractivity contribution in [1.29, 1.82) is 0 Å². The summed E-state index contributed by atoms with van der Waals surface area (Å²) in [5.74, 6) is 0.173. The number of aldehydes is 1. The molecule has 2 aromatic heterocycles. The number of hydrogen-bond acceptors (Lipinski definition) is 5. The average molecular weight is 318 g/mol. The van der Waals surface area contributed by atoms with Gasteiger partial charge >= 0.3 is 0 Å². The highest BCUT2D eigenvalue weighted by Gasteiger charge is 2.16. The van der Waals surface area contributed by atoms with Crippen LogP contribution in [0.2, 0.25) is 0 Å². The molecule has 106 valence electrons. The topological polar surface area (TPSA) is 68.9 Å². The van der Waals surface area contributed by atoms with E-state index in [-0.39, 0.29) is 5.95 Å². The lowest BCUT2D eigenvalue weighted by Crippen LogP contribution is -1.99. The Bertz CT molecular complexity index is 833. The quantitative estimate of drug-likeness (QED) is 0.852. The van der Waals surface area contributed by atoms with Gasteiger partial charge in [0.15, 0.2) is 6.29 Å². The van der Waals surface area contributed by atoms with Crippen LogP contribution in [0, 0.1) is 0 Å². The highest BCUT2D eigenvalue weighted by molar-refractivity contribution is 7.20. The van der Waals surface area contributed by atoms with Crippen molar-refractivity contribution in [3.8, 4) is 0 Å². The molecule has 0 saturated carbocycles. The van der Waals surface area contributed by atoms with Gasteiger partial charge in [0.05, 0.1) is 10.6 Å². The maximum atomic E-state index is 11.0. The van der Waals surface area contributed by atoms with Gasteiger partial charge in [-0.2, -0.15) is 0 Å². The number of anilines is 1. The summed E-state index contributed by atoms with van der Waals surface area (Å²) in [4.78, 5) is 20.8. The van der Waals surface area contributed by atoms with Crippen molar-refractivity contribution in [3.63, 3.8) is 0 Å². The summed E-state index contributed by atoms with van der Waals surface area (Å²) in [6.45, 7) is 2.04. The molecule has 2 N–H and O–H groups in total. The Morgan fingerprint density at radius 2 is 2.19 bits per heavy atom. The Hall–Kier alpha value is -1.98. The van der Waals surface area contributed by atoms with E-state index in [1.807, 2.05) is 25.2 Å². The van der Waals surface area contributed by atoms with E-state index in [9.17, 15) is 4.79 Å². The Balaban J connectivity index is 2.28. The minimum Gasteiger partial charge on any atom is -0.368 e. The third kappa shape index (κ3) is 2.62. The number of nitrogens with two attached hydrogens (primary N) is 1. The summed E-state index contributed by atoms with van der Waals surface area (Å²) in [7, 11) is 0. The van der Waals surface area contributed by atoms with Crippen molar-refractivity contribution >= 4 is 51.0 Å². The fourth-order valence-electron chi connectivity index (χ4n) is 2.15. The lowest BCUT2D eigenvalue weighted by atomic mass is 10.1. The number of thiophene rings is 1. The van der Waals surface area contributed by atoms with Crippen molar-refractivity contribution in [2.24, 2.45) is 0 Å². The second kappa shape index (κ2) is 5.42. The monoisotopic (exact) mass is 317 g/mol. The van der Waals surface area contributed by atoms with Crippen molar-refractivity contribution in [2.45, 2.75) is 13.3 Å². The van der Waals surface area contributed by atoms with Gasteiger partial charge in [0, 0.05) is 16.0 Å². The van der Waals surface area contributed by atoms with Crippen LogP contribution in [0.15, 0.2) is 34.9 Å². The van der Waals surface area contributed by atoms with Gasteiger partial charge in [-0.3, -0.25) is 4.79 Å². The summed E-state index contributed by atoms with van der Waals surface area (Å²) in [6.07, 6.45) is 7.49.